The Balaban J connectivity index is 1.59. The van der Waals surface area contributed by atoms with Crippen LogP contribution in [-0.2, 0) is 6.54 Å². The summed E-state index contributed by atoms with van der Waals surface area (Å²) in [6.45, 7) is 6.10. The summed E-state index contributed by atoms with van der Waals surface area (Å²) in [6.07, 6.45) is 6.88. The SMILES string of the molecule is Clc1ccccc1CN1CCCC1CN1CCCCC1. The number of halogens is 1. The summed E-state index contributed by atoms with van der Waals surface area (Å²) in [7, 11) is 0. The molecule has 0 spiro atoms. The highest BCUT2D eigenvalue weighted by molar-refractivity contribution is 6.31. The highest BCUT2D eigenvalue weighted by Gasteiger charge is 2.27. The van der Waals surface area contributed by atoms with Gasteiger partial charge in [-0.2, -0.15) is 0 Å². The number of likely N-dealkylation sites (tertiary alicyclic amines) is 2. The smallest absolute Gasteiger partial charge is 0.0451 e. The summed E-state index contributed by atoms with van der Waals surface area (Å²) in [4.78, 5) is 5.30. The van der Waals surface area contributed by atoms with E-state index in [4.69, 9.17) is 11.6 Å². The molecule has 20 heavy (non-hydrogen) atoms. The second-order valence-electron chi connectivity index (χ2n) is 6.22. The van der Waals surface area contributed by atoms with Gasteiger partial charge in [-0.3, -0.25) is 4.90 Å². The minimum Gasteiger partial charge on any atom is -0.302 e. The lowest BCUT2D eigenvalue weighted by Gasteiger charge is -2.33. The maximum Gasteiger partial charge on any atom is 0.0451 e. The van der Waals surface area contributed by atoms with E-state index >= 15 is 0 Å². The van der Waals surface area contributed by atoms with Crippen molar-refractivity contribution in [2.45, 2.75) is 44.7 Å². The molecule has 0 N–H and O–H groups in total. The molecule has 2 saturated heterocycles. The first-order valence-corrected chi connectivity index (χ1v) is 8.40. The molecule has 0 amide bonds. The van der Waals surface area contributed by atoms with Crippen LogP contribution in [0.5, 0.6) is 0 Å². The van der Waals surface area contributed by atoms with Gasteiger partial charge in [0.05, 0.1) is 0 Å². The summed E-state index contributed by atoms with van der Waals surface area (Å²) in [5.74, 6) is 0. The Morgan fingerprint density at radius 3 is 2.60 bits per heavy atom. The molecule has 2 aliphatic rings. The van der Waals surface area contributed by atoms with Crippen LogP contribution < -0.4 is 0 Å². The Morgan fingerprint density at radius 1 is 1.00 bits per heavy atom. The third-order valence-corrected chi connectivity index (χ3v) is 5.12. The lowest BCUT2D eigenvalue weighted by atomic mass is 10.1. The zero-order valence-electron chi connectivity index (χ0n) is 12.2. The number of benzene rings is 1. The molecule has 0 bridgehead atoms. The number of hydrogen-bond donors (Lipinski definition) is 0. The molecule has 3 rings (SSSR count). The van der Waals surface area contributed by atoms with E-state index in [-0.39, 0.29) is 0 Å². The lowest BCUT2D eigenvalue weighted by Crippen LogP contribution is -2.42. The van der Waals surface area contributed by atoms with Gasteiger partial charge in [-0.25, -0.2) is 0 Å². The van der Waals surface area contributed by atoms with Gasteiger partial charge in [0.2, 0.25) is 0 Å². The zero-order chi connectivity index (χ0) is 13.8. The van der Waals surface area contributed by atoms with Gasteiger partial charge in [0, 0.05) is 24.2 Å². The van der Waals surface area contributed by atoms with Crippen molar-refractivity contribution in [3.05, 3.63) is 34.9 Å². The third-order valence-electron chi connectivity index (χ3n) is 4.75. The van der Waals surface area contributed by atoms with E-state index in [9.17, 15) is 0 Å². The van der Waals surface area contributed by atoms with Crippen molar-refractivity contribution < 1.29 is 0 Å². The highest BCUT2D eigenvalue weighted by atomic mass is 35.5. The molecular formula is C17H25ClN2. The van der Waals surface area contributed by atoms with Gasteiger partial charge in [0.15, 0.2) is 0 Å². The predicted octanol–water partition coefficient (Wildman–Crippen LogP) is 3.79. The van der Waals surface area contributed by atoms with E-state index in [0.717, 1.165) is 17.6 Å². The van der Waals surface area contributed by atoms with Crippen LogP contribution in [0.15, 0.2) is 24.3 Å². The molecule has 2 aliphatic heterocycles. The van der Waals surface area contributed by atoms with Crippen LogP contribution in [0.3, 0.4) is 0 Å². The molecule has 0 radical (unpaired) electrons. The van der Waals surface area contributed by atoms with Gasteiger partial charge in [0.25, 0.3) is 0 Å². The Hall–Kier alpha value is -0.570. The Morgan fingerprint density at radius 2 is 1.80 bits per heavy atom. The highest BCUT2D eigenvalue weighted by Crippen LogP contribution is 2.25. The summed E-state index contributed by atoms with van der Waals surface area (Å²) in [6, 6.07) is 9.01. The molecule has 1 unspecified atom stereocenters. The van der Waals surface area contributed by atoms with E-state index in [1.54, 1.807) is 0 Å². The number of hydrogen-bond acceptors (Lipinski definition) is 2. The molecule has 0 aromatic heterocycles. The first-order valence-electron chi connectivity index (χ1n) is 8.03. The van der Waals surface area contributed by atoms with Crippen molar-refractivity contribution in [3.63, 3.8) is 0 Å². The Labute approximate surface area is 127 Å². The first-order chi connectivity index (χ1) is 9.83. The molecule has 1 aromatic rings. The number of nitrogens with zero attached hydrogens (tertiary/aromatic N) is 2. The second-order valence-corrected chi connectivity index (χ2v) is 6.63. The topological polar surface area (TPSA) is 6.48 Å². The van der Waals surface area contributed by atoms with Crippen LogP contribution >= 0.6 is 11.6 Å². The normalized spacial score (nSPS) is 25.1. The van der Waals surface area contributed by atoms with Crippen LogP contribution in [-0.4, -0.2) is 42.0 Å². The van der Waals surface area contributed by atoms with Crippen LogP contribution in [0, 0.1) is 0 Å². The summed E-state index contributed by atoms with van der Waals surface area (Å²) in [5, 5.41) is 0.913. The minimum absolute atomic E-state index is 0.726. The fourth-order valence-electron chi connectivity index (χ4n) is 3.60. The monoisotopic (exact) mass is 292 g/mol. The molecule has 0 aliphatic carbocycles. The van der Waals surface area contributed by atoms with Crippen LogP contribution in [0.25, 0.3) is 0 Å². The molecule has 2 nitrogen and oxygen atoms in total. The van der Waals surface area contributed by atoms with Crippen molar-refractivity contribution in [2.75, 3.05) is 26.2 Å². The molecule has 1 atom stereocenters. The average molecular weight is 293 g/mol. The van der Waals surface area contributed by atoms with E-state index < -0.39 is 0 Å². The number of piperidine rings is 1. The van der Waals surface area contributed by atoms with Crippen LogP contribution in [0.2, 0.25) is 5.02 Å². The van der Waals surface area contributed by atoms with E-state index in [2.05, 4.69) is 21.9 Å². The summed E-state index contributed by atoms with van der Waals surface area (Å²) < 4.78 is 0. The average Bonchev–Trinajstić information content (AvgIpc) is 2.90. The molecule has 110 valence electrons. The van der Waals surface area contributed by atoms with Gasteiger partial charge < -0.3 is 4.90 Å². The maximum atomic E-state index is 6.31. The van der Waals surface area contributed by atoms with Crippen molar-refractivity contribution in [3.8, 4) is 0 Å². The van der Waals surface area contributed by atoms with Gasteiger partial charge in [-0.1, -0.05) is 36.2 Å². The van der Waals surface area contributed by atoms with E-state index in [1.807, 2.05) is 12.1 Å². The van der Waals surface area contributed by atoms with Crippen LogP contribution in [0.4, 0.5) is 0 Å². The van der Waals surface area contributed by atoms with Crippen molar-refractivity contribution in [2.24, 2.45) is 0 Å². The van der Waals surface area contributed by atoms with E-state index in [1.165, 1.54) is 63.8 Å². The third kappa shape index (κ3) is 3.55. The largest absolute Gasteiger partial charge is 0.302 e. The quantitative estimate of drug-likeness (QED) is 0.833. The first kappa shape index (κ1) is 14.4. The molecule has 2 fully saturated rings. The summed E-state index contributed by atoms with van der Waals surface area (Å²) >= 11 is 6.31. The standard InChI is InChI=1S/C17H25ClN2/c18-17-9-3-2-7-15(17)13-20-12-6-8-16(20)14-19-10-4-1-5-11-19/h2-3,7,9,16H,1,4-6,8,10-14H2. The van der Waals surface area contributed by atoms with Gasteiger partial charge in [-0.15, -0.1) is 0 Å². The fraction of sp³-hybridized carbons (Fsp3) is 0.647. The minimum atomic E-state index is 0.726. The number of rotatable bonds is 4. The van der Waals surface area contributed by atoms with Gasteiger partial charge in [0.1, 0.15) is 0 Å². The zero-order valence-corrected chi connectivity index (χ0v) is 13.0. The Kier molecular flexibility index (Phi) is 4.98. The lowest BCUT2D eigenvalue weighted by molar-refractivity contribution is 0.149. The van der Waals surface area contributed by atoms with Crippen LogP contribution in [0.1, 0.15) is 37.7 Å². The molecule has 2 heterocycles. The molecule has 3 heteroatoms. The van der Waals surface area contributed by atoms with Crippen molar-refractivity contribution in [1.29, 1.82) is 0 Å². The molecule has 1 aromatic carbocycles. The predicted molar refractivity (Wildman–Crippen MR) is 85.2 cm³/mol. The molecular weight excluding hydrogens is 268 g/mol. The van der Waals surface area contributed by atoms with Gasteiger partial charge >= 0.3 is 0 Å². The Bertz CT molecular complexity index is 429. The maximum absolute atomic E-state index is 6.31. The van der Waals surface area contributed by atoms with E-state index in [0.29, 0.717) is 0 Å². The van der Waals surface area contributed by atoms with Gasteiger partial charge in [-0.05, 0) is 56.9 Å². The second kappa shape index (κ2) is 6.93. The summed E-state index contributed by atoms with van der Waals surface area (Å²) in [5.41, 5.74) is 1.28. The van der Waals surface area contributed by atoms with Crippen molar-refractivity contribution >= 4 is 11.6 Å². The fourth-order valence-corrected chi connectivity index (χ4v) is 3.79. The van der Waals surface area contributed by atoms with Crippen molar-refractivity contribution in [1.82, 2.24) is 9.80 Å². The molecule has 0 saturated carbocycles.